The van der Waals surface area contributed by atoms with Crippen molar-refractivity contribution in [2.24, 2.45) is 0 Å². The number of benzene rings is 1. The van der Waals surface area contributed by atoms with E-state index in [0.717, 1.165) is 28.4 Å². The molecule has 0 aliphatic carbocycles. The molecular weight excluding hydrogens is 304 g/mol. The maximum absolute atomic E-state index is 12.1. The minimum absolute atomic E-state index is 0.191. The second-order valence-electron chi connectivity index (χ2n) is 4.54. The van der Waals surface area contributed by atoms with Crippen LogP contribution in [0.3, 0.4) is 0 Å². The highest BCUT2D eigenvalue weighted by molar-refractivity contribution is 8.22. The lowest BCUT2D eigenvalue weighted by Crippen LogP contribution is -2.31. The Balaban J connectivity index is 2.19. The molecule has 0 fully saturated rings. The minimum Gasteiger partial charge on any atom is -0.508 e. The number of carbonyl (C=O) groups excluding carboxylic acids is 1. The number of amides is 1. The number of rotatable bonds is 5. The van der Waals surface area contributed by atoms with Crippen LogP contribution in [0.5, 0.6) is 5.75 Å². The van der Waals surface area contributed by atoms with Gasteiger partial charge in [0.15, 0.2) is 0 Å². The van der Waals surface area contributed by atoms with Gasteiger partial charge in [-0.1, -0.05) is 37.2 Å². The molecule has 1 amide bonds. The molecule has 0 saturated carbocycles. The highest BCUT2D eigenvalue weighted by atomic mass is 32.2. The van der Waals surface area contributed by atoms with Gasteiger partial charge in [-0.2, -0.15) is 5.26 Å². The summed E-state index contributed by atoms with van der Waals surface area (Å²) in [5.74, 6) is 0.768. The number of nitrogens with one attached hydrogen (secondary N) is 1. The predicted molar refractivity (Wildman–Crippen MR) is 86.6 cm³/mol. The number of hydrogen-bond donors (Lipinski definition) is 2. The van der Waals surface area contributed by atoms with E-state index >= 15 is 0 Å². The Kier molecular flexibility index (Phi) is 5.59. The van der Waals surface area contributed by atoms with Crippen molar-refractivity contribution in [3.8, 4) is 11.8 Å². The van der Waals surface area contributed by atoms with E-state index in [9.17, 15) is 9.90 Å². The van der Waals surface area contributed by atoms with Crippen LogP contribution in [0.2, 0.25) is 0 Å². The Morgan fingerprint density at radius 2 is 2.14 bits per heavy atom. The average molecular weight is 320 g/mol. The van der Waals surface area contributed by atoms with Crippen LogP contribution < -0.4 is 5.32 Å². The first-order valence-corrected chi connectivity index (χ1v) is 8.56. The number of carbonyl (C=O) groups is 1. The van der Waals surface area contributed by atoms with Crippen LogP contribution >= 0.6 is 23.5 Å². The summed E-state index contributed by atoms with van der Waals surface area (Å²) in [6.07, 6.45) is 2.14. The van der Waals surface area contributed by atoms with E-state index in [0.29, 0.717) is 0 Å². The Hall–Kier alpha value is -1.58. The number of nitrogens with zero attached hydrogens (tertiary/aromatic N) is 1. The van der Waals surface area contributed by atoms with E-state index in [2.05, 4.69) is 12.2 Å². The van der Waals surface area contributed by atoms with Gasteiger partial charge >= 0.3 is 0 Å². The molecule has 4 nitrogen and oxygen atoms in total. The van der Waals surface area contributed by atoms with E-state index in [4.69, 9.17) is 5.26 Å². The molecule has 110 valence electrons. The lowest BCUT2D eigenvalue weighted by Gasteiger charge is -2.25. The first-order valence-electron chi connectivity index (χ1n) is 6.69. The molecule has 0 radical (unpaired) electrons. The highest BCUT2D eigenvalue weighted by Crippen LogP contribution is 2.43. The maximum atomic E-state index is 12.1. The number of nitriles is 1. The van der Waals surface area contributed by atoms with Crippen LogP contribution in [0.25, 0.3) is 0 Å². The van der Waals surface area contributed by atoms with Gasteiger partial charge in [0.2, 0.25) is 0 Å². The number of thioether (sulfide) groups is 2. The lowest BCUT2D eigenvalue weighted by atomic mass is 10.2. The fourth-order valence-electron chi connectivity index (χ4n) is 1.79. The van der Waals surface area contributed by atoms with Crippen molar-refractivity contribution in [2.75, 3.05) is 5.75 Å². The van der Waals surface area contributed by atoms with Crippen LogP contribution in [0.4, 0.5) is 0 Å². The zero-order valence-electron chi connectivity index (χ0n) is 11.6. The monoisotopic (exact) mass is 320 g/mol. The molecule has 0 aromatic heterocycles. The molecule has 0 spiro atoms. The topological polar surface area (TPSA) is 73.1 Å². The summed E-state index contributed by atoms with van der Waals surface area (Å²) in [6.45, 7) is 2.11. The SMILES string of the molecule is CCCCSC1=C(C#N)C(=O)N[C@@H](c2ccc(O)cc2)S1. The number of unbranched alkanes of at least 4 members (excludes halogenated alkanes) is 1. The smallest absolute Gasteiger partial charge is 0.264 e. The molecule has 1 aromatic carbocycles. The Morgan fingerprint density at radius 3 is 2.76 bits per heavy atom. The van der Waals surface area contributed by atoms with Crippen LogP contribution in [-0.4, -0.2) is 16.8 Å². The van der Waals surface area contributed by atoms with Gasteiger partial charge in [0.1, 0.15) is 22.8 Å². The third kappa shape index (κ3) is 3.96. The molecule has 1 aliphatic heterocycles. The summed E-state index contributed by atoms with van der Waals surface area (Å²) >= 11 is 3.05. The molecule has 2 N–H and O–H groups in total. The fraction of sp³-hybridized carbons (Fsp3) is 0.333. The van der Waals surface area contributed by atoms with Crippen molar-refractivity contribution in [1.82, 2.24) is 5.32 Å². The van der Waals surface area contributed by atoms with Gasteiger partial charge < -0.3 is 10.4 Å². The van der Waals surface area contributed by atoms with Crippen molar-refractivity contribution >= 4 is 29.4 Å². The summed E-state index contributed by atoms with van der Waals surface area (Å²) in [5, 5.41) is 21.1. The Labute approximate surface area is 132 Å². The van der Waals surface area contributed by atoms with Crippen molar-refractivity contribution in [3.63, 3.8) is 0 Å². The van der Waals surface area contributed by atoms with Crippen molar-refractivity contribution < 1.29 is 9.90 Å². The van der Waals surface area contributed by atoms with E-state index in [1.807, 2.05) is 6.07 Å². The third-order valence-electron chi connectivity index (χ3n) is 2.96. The summed E-state index contributed by atoms with van der Waals surface area (Å²) < 4.78 is 0.785. The van der Waals surface area contributed by atoms with Crippen LogP contribution in [0, 0.1) is 11.3 Å². The zero-order valence-corrected chi connectivity index (χ0v) is 13.3. The van der Waals surface area contributed by atoms with Crippen LogP contribution in [0.1, 0.15) is 30.7 Å². The molecule has 1 heterocycles. The van der Waals surface area contributed by atoms with Crippen LogP contribution in [-0.2, 0) is 4.79 Å². The second kappa shape index (κ2) is 7.43. The van der Waals surface area contributed by atoms with Gasteiger partial charge in [-0.05, 0) is 29.9 Å². The first kappa shape index (κ1) is 15.8. The number of phenols is 1. The third-order valence-corrected chi connectivity index (χ3v) is 5.60. The molecule has 6 heteroatoms. The lowest BCUT2D eigenvalue weighted by molar-refractivity contribution is -0.117. The van der Waals surface area contributed by atoms with Crippen molar-refractivity contribution in [1.29, 1.82) is 5.26 Å². The predicted octanol–water partition coefficient (Wildman–Crippen LogP) is 3.52. The van der Waals surface area contributed by atoms with E-state index in [1.54, 1.807) is 36.0 Å². The molecule has 1 atom stereocenters. The summed E-state index contributed by atoms with van der Waals surface area (Å²) in [5.41, 5.74) is 1.10. The Morgan fingerprint density at radius 1 is 1.43 bits per heavy atom. The highest BCUT2D eigenvalue weighted by Gasteiger charge is 2.28. The molecular formula is C15H16N2O2S2. The van der Waals surface area contributed by atoms with Gasteiger partial charge in [-0.25, -0.2) is 0 Å². The average Bonchev–Trinajstić information content (AvgIpc) is 2.48. The molecule has 1 aliphatic rings. The summed E-state index contributed by atoms with van der Waals surface area (Å²) in [4.78, 5) is 12.1. The minimum atomic E-state index is -0.326. The summed E-state index contributed by atoms with van der Waals surface area (Å²) in [6, 6.07) is 8.74. The largest absolute Gasteiger partial charge is 0.508 e. The number of phenolic OH excluding ortho intramolecular Hbond substituents is 1. The molecule has 1 aromatic rings. The van der Waals surface area contributed by atoms with Gasteiger partial charge in [0.25, 0.3) is 5.91 Å². The Bertz CT molecular complexity index is 591. The first-order chi connectivity index (χ1) is 10.2. The van der Waals surface area contributed by atoms with E-state index < -0.39 is 0 Å². The van der Waals surface area contributed by atoms with Gasteiger partial charge in [0, 0.05) is 0 Å². The quantitative estimate of drug-likeness (QED) is 0.812. The van der Waals surface area contributed by atoms with Crippen LogP contribution in [0.15, 0.2) is 34.1 Å². The van der Waals surface area contributed by atoms with Crippen molar-refractivity contribution in [2.45, 2.75) is 25.1 Å². The molecule has 0 bridgehead atoms. The van der Waals surface area contributed by atoms with E-state index in [1.165, 1.54) is 11.8 Å². The fourth-order valence-corrected chi connectivity index (χ4v) is 4.43. The normalized spacial score (nSPS) is 18.3. The van der Waals surface area contributed by atoms with E-state index in [-0.39, 0.29) is 22.6 Å². The second-order valence-corrected chi connectivity index (χ2v) is 7.02. The molecule has 21 heavy (non-hydrogen) atoms. The standard InChI is InChI=1S/C15H16N2O2S2/c1-2-3-8-20-15-12(9-16)13(19)17-14(21-15)10-4-6-11(18)7-5-10/h4-7,14,18H,2-3,8H2,1H3,(H,17,19)/t14-/m1/s1. The van der Waals surface area contributed by atoms with Gasteiger partial charge in [0.05, 0.1) is 4.24 Å². The molecule has 0 unspecified atom stereocenters. The number of aromatic hydroxyl groups is 1. The summed E-state index contributed by atoms with van der Waals surface area (Å²) in [7, 11) is 0. The van der Waals surface area contributed by atoms with Gasteiger partial charge in [-0.3, -0.25) is 4.79 Å². The molecule has 2 rings (SSSR count). The maximum Gasteiger partial charge on any atom is 0.264 e. The van der Waals surface area contributed by atoms with Crippen molar-refractivity contribution in [3.05, 3.63) is 39.6 Å². The van der Waals surface area contributed by atoms with Gasteiger partial charge in [-0.15, -0.1) is 11.8 Å². The molecule has 0 saturated heterocycles. The zero-order chi connectivity index (χ0) is 15.2. The number of hydrogen-bond acceptors (Lipinski definition) is 5.